The molecule has 3 heterocycles. The van der Waals surface area contributed by atoms with Crippen LogP contribution in [-0.4, -0.2) is 27.4 Å². The number of rotatable bonds is 5. The van der Waals surface area contributed by atoms with Crippen LogP contribution < -0.4 is 15.8 Å². The van der Waals surface area contributed by atoms with E-state index in [1.54, 1.807) is 31.4 Å². The van der Waals surface area contributed by atoms with Gasteiger partial charge in [-0.05, 0) is 37.3 Å². The number of fused-ring (bicyclic) bond motifs is 1. The zero-order valence-corrected chi connectivity index (χ0v) is 15.6. The molecule has 0 saturated carbocycles. The minimum absolute atomic E-state index is 0.446. The van der Waals surface area contributed by atoms with Gasteiger partial charge in [0.2, 0.25) is 5.91 Å². The molecular weight excluding hydrogens is 362 g/mol. The fourth-order valence-electron chi connectivity index (χ4n) is 2.86. The smallest absolute Gasteiger partial charge is 0.248 e. The molecule has 136 valence electrons. The summed E-state index contributed by atoms with van der Waals surface area (Å²) >= 11 is 1.50. The highest BCUT2D eigenvalue weighted by Gasteiger charge is 2.15. The minimum Gasteiger partial charge on any atom is -0.497 e. The first-order valence-electron chi connectivity index (χ1n) is 8.20. The van der Waals surface area contributed by atoms with Crippen LogP contribution in [-0.2, 0) is 0 Å². The molecule has 1 aromatic carbocycles. The quantitative estimate of drug-likeness (QED) is 0.552. The van der Waals surface area contributed by atoms with Gasteiger partial charge < -0.3 is 15.8 Å². The summed E-state index contributed by atoms with van der Waals surface area (Å²) < 4.78 is 7.26. The maximum atomic E-state index is 11.2. The Morgan fingerprint density at radius 2 is 2.00 bits per heavy atom. The largest absolute Gasteiger partial charge is 0.497 e. The number of nitrogens with two attached hydrogens (primary N) is 1. The number of amides is 1. The maximum absolute atomic E-state index is 11.2. The Morgan fingerprint density at radius 3 is 2.70 bits per heavy atom. The topological polar surface area (TPSA) is 94.5 Å². The Morgan fingerprint density at radius 1 is 1.22 bits per heavy atom. The van der Waals surface area contributed by atoms with Crippen LogP contribution in [0.3, 0.4) is 0 Å². The van der Waals surface area contributed by atoms with E-state index in [1.165, 1.54) is 11.3 Å². The average Bonchev–Trinajstić information content (AvgIpc) is 3.24. The molecule has 0 spiro atoms. The fraction of sp³-hybridized carbons (Fsp3) is 0.105. The van der Waals surface area contributed by atoms with Crippen LogP contribution in [0.5, 0.6) is 5.75 Å². The third kappa shape index (κ3) is 3.22. The molecule has 0 aliphatic heterocycles. The van der Waals surface area contributed by atoms with Crippen LogP contribution in [0.25, 0.3) is 17.0 Å². The van der Waals surface area contributed by atoms with E-state index in [1.807, 2.05) is 35.0 Å². The molecule has 0 fully saturated rings. The molecule has 3 aromatic heterocycles. The van der Waals surface area contributed by atoms with E-state index in [0.29, 0.717) is 5.56 Å². The van der Waals surface area contributed by atoms with Gasteiger partial charge in [0.1, 0.15) is 17.1 Å². The van der Waals surface area contributed by atoms with E-state index in [-0.39, 0.29) is 0 Å². The number of anilines is 2. The molecule has 4 aromatic rings. The Hall–Kier alpha value is -3.39. The first-order valence-corrected chi connectivity index (χ1v) is 9.08. The van der Waals surface area contributed by atoms with Gasteiger partial charge in [-0.15, -0.1) is 11.3 Å². The van der Waals surface area contributed by atoms with Crippen molar-refractivity contribution in [2.75, 3.05) is 12.4 Å². The third-order valence-corrected chi connectivity index (χ3v) is 4.93. The van der Waals surface area contributed by atoms with Gasteiger partial charge in [0, 0.05) is 28.9 Å². The number of primary amides is 1. The number of carbonyl (C=O) groups excluding carboxylic acids is 1. The van der Waals surface area contributed by atoms with Crippen LogP contribution in [0.2, 0.25) is 0 Å². The van der Waals surface area contributed by atoms with E-state index in [2.05, 4.69) is 15.3 Å². The summed E-state index contributed by atoms with van der Waals surface area (Å²) in [4.78, 5) is 20.4. The lowest BCUT2D eigenvalue weighted by Crippen LogP contribution is -2.10. The van der Waals surface area contributed by atoms with Crippen molar-refractivity contribution < 1.29 is 9.53 Å². The molecular formula is C19H17N5O2S. The Kier molecular flexibility index (Phi) is 4.25. The lowest BCUT2D eigenvalue weighted by Gasteiger charge is -2.04. The van der Waals surface area contributed by atoms with Crippen LogP contribution in [0, 0.1) is 6.92 Å². The molecule has 27 heavy (non-hydrogen) atoms. The number of carbonyl (C=O) groups is 1. The number of pyridine rings is 1. The van der Waals surface area contributed by atoms with Crippen molar-refractivity contribution in [3.63, 3.8) is 0 Å². The zero-order valence-electron chi connectivity index (χ0n) is 14.8. The lowest BCUT2D eigenvalue weighted by molar-refractivity contribution is 0.100. The first kappa shape index (κ1) is 17.0. The standard InChI is InChI=1S/C19H17N5O2S/c1-11-17(24-8-7-14(26-2)9-16(24)21-11)15-10-27-19(23-15)22-13-5-3-12(4-6-13)18(20)25/h3-10H,1-2H3,(H2,20,25)(H,22,23). The van der Waals surface area contributed by atoms with Crippen molar-refractivity contribution in [2.45, 2.75) is 6.92 Å². The summed E-state index contributed by atoms with van der Waals surface area (Å²) in [5.74, 6) is 0.317. The third-order valence-electron chi connectivity index (χ3n) is 4.18. The lowest BCUT2D eigenvalue weighted by atomic mass is 10.2. The van der Waals surface area contributed by atoms with Crippen LogP contribution in [0.15, 0.2) is 48.0 Å². The molecule has 3 N–H and O–H groups in total. The van der Waals surface area contributed by atoms with Gasteiger partial charge in [-0.1, -0.05) is 0 Å². The second-order valence-electron chi connectivity index (χ2n) is 5.95. The Bertz CT molecular complexity index is 1130. The molecule has 0 aliphatic carbocycles. The average molecular weight is 379 g/mol. The van der Waals surface area contributed by atoms with Crippen LogP contribution in [0.1, 0.15) is 16.1 Å². The molecule has 0 atom stereocenters. The van der Waals surface area contributed by atoms with Gasteiger partial charge in [-0.2, -0.15) is 0 Å². The molecule has 0 saturated heterocycles. The number of aromatic nitrogens is 3. The highest BCUT2D eigenvalue weighted by molar-refractivity contribution is 7.14. The number of hydrogen-bond donors (Lipinski definition) is 2. The van der Waals surface area contributed by atoms with Crippen molar-refractivity contribution in [3.05, 3.63) is 59.2 Å². The van der Waals surface area contributed by atoms with Gasteiger partial charge in [-0.25, -0.2) is 9.97 Å². The summed E-state index contributed by atoms with van der Waals surface area (Å²) in [6, 6.07) is 10.7. The van der Waals surface area contributed by atoms with Gasteiger partial charge >= 0.3 is 0 Å². The molecule has 4 rings (SSSR count). The van der Waals surface area contributed by atoms with E-state index < -0.39 is 5.91 Å². The number of benzene rings is 1. The number of ether oxygens (including phenoxy) is 1. The first-order chi connectivity index (χ1) is 13.0. The van der Waals surface area contributed by atoms with Crippen molar-refractivity contribution in [1.29, 1.82) is 0 Å². The number of methoxy groups -OCH3 is 1. The summed E-state index contributed by atoms with van der Waals surface area (Å²) in [5, 5.41) is 5.98. The molecule has 7 nitrogen and oxygen atoms in total. The van der Waals surface area contributed by atoms with Gasteiger partial charge in [0.15, 0.2) is 5.13 Å². The Labute approximate surface area is 159 Å². The van der Waals surface area contributed by atoms with Gasteiger partial charge in [0.05, 0.1) is 18.5 Å². The molecule has 8 heteroatoms. The number of nitrogens with zero attached hydrogens (tertiary/aromatic N) is 3. The van der Waals surface area contributed by atoms with Crippen LogP contribution in [0.4, 0.5) is 10.8 Å². The summed E-state index contributed by atoms with van der Waals surface area (Å²) in [6.45, 7) is 1.96. The number of hydrogen-bond acceptors (Lipinski definition) is 6. The van der Waals surface area contributed by atoms with Crippen molar-refractivity contribution in [1.82, 2.24) is 14.4 Å². The van der Waals surface area contributed by atoms with Crippen molar-refractivity contribution >= 4 is 33.7 Å². The maximum Gasteiger partial charge on any atom is 0.248 e. The molecule has 1 amide bonds. The second-order valence-corrected chi connectivity index (χ2v) is 6.80. The highest BCUT2D eigenvalue weighted by atomic mass is 32.1. The van der Waals surface area contributed by atoms with Crippen molar-refractivity contribution in [3.8, 4) is 17.1 Å². The number of nitrogens with one attached hydrogen (secondary N) is 1. The van der Waals surface area contributed by atoms with E-state index in [9.17, 15) is 4.79 Å². The fourth-order valence-corrected chi connectivity index (χ4v) is 3.58. The molecule has 0 bridgehead atoms. The number of imidazole rings is 1. The van der Waals surface area contributed by atoms with E-state index in [4.69, 9.17) is 10.5 Å². The monoisotopic (exact) mass is 379 g/mol. The molecule has 0 aliphatic rings. The molecule has 0 unspecified atom stereocenters. The van der Waals surface area contributed by atoms with E-state index >= 15 is 0 Å². The van der Waals surface area contributed by atoms with Gasteiger partial charge in [-0.3, -0.25) is 9.20 Å². The highest BCUT2D eigenvalue weighted by Crippen LogP contribution is 2.30. The normalized spacial score (nSPS) is 10.9. The second kappa shape index (κ2) is 6.73. The summed E-state index contributed by atoms with van der Waals surface area (Å²) in [7, 11) is 1.64. The Balaban J connectivity index is 1.63. The summed E-state index contributed by atoms with van der Waals surface area (Å²) in [6.07, 6.45) is 1.93. The number of aryl methyl sites for hydroxylation is 1. The number of thiazole rings is 1. The van der Waals surface area contributed by atoms with Crippen molar-refractivity contribution in [2.24, 2.45) is 5.73 Å². The predicted molar refractivity (Wildman–Crippen MR) is 106 cm³/mol. The zero-order chi connectivity index (χ0) is 19.0. The SMILES string of the molecule is COc1ccn2c(-c3csc(Nc4ccc(C(N)=O)cc4)n3)c(C)nc2c1. The minimum atomic E-state index is -0.446. The van der Waals surface area contributed by atoms with E-state index in [0.717, 1.165) is 39.3 Å². The predicted octanol–water partition coefficient (Wildman–Crippen LogP) is 3.62. The summed E-state index contributed by atoms with van der Waals surface area (Å²) in [5.41, 5.74) is 10.1. The van der Waals surface area contributed by atoms with Crippen LogP contribution >= 0.6 is 11.3 Å². The molecule has 0 radical (unpaired) electrons. The van der Waals surface area contributed by atoms with Gasteiger partial charge in [0.25, 0.3) is 0 Å².